The minimum Gasteiger partial charge on any atom is -0.465 e. The predicted octanol–water partition coefficient (Wildman–Crippen LogP) is 3.63. The highest BCUT2D eigenvalue weighted by atomic mass is 32.1. The summed E-state index contributed by atoms with van der Waals surface area (Å²) < 4.78 is 10.8. The zero-order valence-corrected chi connectivity index (χ0v) is 19.4. The topological polar surface area (TPSA) is 108 Å². The molecule has 29 heavy (non-hydrogen) atoms. The van der Waals surface area contributed by atoms with Gasteiger partial charge in [0.25, 0.3) is 0 Å². The number of ether oxygens (including phenoxy) is 2. The van der Waals surface area contributed by atoms with E-state index in [1.165, 1.54) is 0 Å². The first-order chi connectivity index (χ1) is 13.5. The fourth-order valence-electron chi connectivity index (χ4n) is 3.00. The first-order valence-electron chi connectivity index (χ1n) is 10.4. The van der Waals surface area contributed by atoms with Crippen molar-refractivity contribution >= 4 is 35.2 Å². The second-order valence-corrected chi connectivity index (χ2v) is 8.76. The van der Waals surface area contributed by atoms with E-state index in [4.69, 9.17) is 15.2 Å². The molecule has 8 heteroatoms. The van der Waals surface area contributed by atoms with Crippen molar-refractivity contribution in [2.75, 3.05) is 13.2 Å². The van der Waals surface area contributed by atoms with Crippen molar-refractivity contribution in [1.82, 2.24) is 5.32 Å². The van der Waals surface area contributed by atoms with E-state index < -0.39 is 10.8 Å². The van der Waals surface area contributed by atoms with Gasteiger partial charge in [0.05, 0.1) is 24.0 Å². The second-order valence-electron chi connectivity index (χ2n) is 8.32. The number of nitrogens with one attached hydrogen (secondary N) is 1. The smallest absolute Gasteiger partial charge is 0.311 e. The summed E-state index contributed by atoms with van der Waals surface area (Å²) in [6.07, 6.45) is 5.12. The Morgan fingerprint density at radius 1 is 0.931 bits per heavy atom. The van der Waals surface area contributed by atoms with Crippen molar-refractivity contribution in [2.24, 2.45) is 16.6 Å². The molecule has 0 heterocycles. The molecule has 0 aromatic rings. The molecule has 1 unspecified atom stereocenters. The maximum Gasteiger partial charge on any atom is 0.311 e. The van der Waals surface area contributed by atoms with Gasteiger partial charge in [-0.1, -0.05) is 20.3 Å². The zero-order chi connectivity index (χ0) is 22.5. The Labute approximate surface area is 180 Å². The van der Waals surface area contributed by atoms with Crippen LogP contribution in [0.2, 0.25) is 0 Å². The minimum atomic E-state index is -0.800. The zero-order valence-electron chi connectivity index (χ0n) is 18.6. The number of unbranched alkanes of at least 4 members (excludes halogenated alkanes) is 3. The van der Waals surface area contributed by atoms with Crippen LogP contribution in [-0.2, 0) is 23.9 Å². The van der Waals surface area contributed by atoms with Crippen LogP contribution in [0.4, 0.5) is 0 Å². The number of nitrogens with two attached hydrogens (primary N) is 1. The maximum atomic E-state index is 12.5. The lowest BCUT2D eigenvalue weighted by atomic mass is 9.72. The molecule has 0 bridgehead atoms. The molecule has 0 fully saturated rings. The highest BCUT2D eigenvalue weighted by Gasteiger charge is 2.42. The lowest BCUT2D eigenvalue weighted by Gasteiger charge is -2.33. The van der Waals surface area contributed by atoms with Crippen molar-refractivity contribution in [1.29, 1.82) is 0 Å². The summed E-state index contributed by atoms with van der Waals surface area (Å²) in [5.74, 6) is -0.797. The van der Waals surface area contributed by atoms with Gasteiger partial charge in [-0.2, -0.15) is 0 Å². The molecule has 0 aliphatic heterocycles. The molecular weight excluding hydrogens is 392 g/mol. The summed E-state index contributed by atoms with van der Waals surface area (Å²) in [4.78, 5) is 36.5. The minimum absolute atomic E-state index is 0.0283. The van der Waals surface area contributed by atoms with Crippen LogP contribution in [0.15, 0.2) is 0 Å². The van der Waals surface area contributed by atoms with E-state index in [1.54, 1.807) is 13.8 Å². The third kappa shape index (κ3) is 11.2. The third-order valence-corrected chi connectivity index (χ3v) is 5.03. The Morgan fingerprint density at radius 3 is 2.07 bits per heavy atom. The molecule has 0 aromatic carbocycles. The van der Waals surface area contributed by atoms with Crippen LogP contribution in [0.3, 0.4) is 0 Å². The number of rotatable bonds is 14. The fourth-order valence-corrected chi connectivity index (χ4v) is 3.11. The van der Waals surface area contributed by atoms with Gasteiger partial charge >= 0.3 is 11.9 Å². The second kappa shape index (κ2) is 13.5. The first-order valence-corrected chi connectivity index (χ1v) is 10.8. The number of esters is 2. The number of carbonyl (C=O) groups is 3. The van der Waals surface area contributed by atoms with E-state index in [0.29, 0.717) is 38.7 Å². The lowest BCUT2D eigenvalue weighted by Crippen LogP contribution is -2.38. The Hall–Kier alpha value is -1.70. The molecule has 0 radical (unpaired) electrons. The van der Waals surface area contributed by atoms with Gasteiger partial charge in [-0.05, 0) is 71.5 Å². The normalized spacial score (nSPS) is 13.3. The van der Waals surface area contributed by atoms with Gasteiger partial charge in [-0.3, -0.25) is 14.4 Å². The summed E-state index contributed by atoms with van der Waals surface area (Å²) >= 11 is 4.60. The summed E-state index contributed by atoms with van der Waals surface area (Å²) in [7, 11) is 0. The molecule has 3 N–H and O–H groups in total. The van der Waals surface area contributed by atoms with Crippen LogP contribution < -0.4 is 11.1 Å². The Bertz CT molecular complexity index is 565. The number of amides is 1. The van der Waals surface area contributed by atoms with Crippen molar-refractivity contribution in [3.8, 4) is 0 Å². The van der Waals surface area contributed by atoms with Crippen molar-refractivity contribution in [2.45, 2.75) is 86.0 Å². The van der Waals surface area contributed by atoms with Gasteiger partial charge in [-0.15, -0.1) is 0 Å². The molecule has 0 aliphatic rings. The monoisotopic (exact) mass is 430 g/mol. The van der Waals surface area contributed by atoms with Gasteiger partial charge in [0.15, 0.2) is 5.11 Å². The van der Waals surface area contributed by atoms with Crippen LogP contribution in [0.5, 0.6) is 0 Å². The van der Waals surface area contributed by atoms with E-state index in [-0.39, 0.29) is 29.6 Å². The van der Waals surface area contributed by atoms with E-state index in [2.05, 4.69) is 17.5 Å². The van der Waals surface area contributed by atoms with Gasteiger partial charge in [0.2, 0.25) is 5.91 Å². The quantitative estimate of drug-likeness (QED) is 0.246. The summed E-state index contributed by atoms with van der Waals surface area (Å²) in [5.41, 5.74) is 3.71. The van der Waals surface area contributed by atoms with Crippen LogP contribution in [0.25, 0.3) is 0 Å². The lowest BCUT2D eigenvalue weighted by molar-refractivity contribution is -0.163. The molecule has 0 aliphatic carbocycles. The Morgan fingerprint density at radius 2 is 1.52 bits per heavy atom. The molecule has 0 rings (SSSR count). The molecule has 0 aromatic heterocycles. The molecule has 0 spiro atoms. The first kappa shape index (κ1) is 27.3. The average molecular weight is 431 g/mol. The van der Waals surface area contributed by atoms with Crippen molar-refractivity contribution in [3.05, 3.63) is 0 Å². The Balaban J connectivity index is 4.39. The van der Waals surface area contributed by atoms with Crippen LogP contribution in [0, 0.1) is 10.8 Å². The SMILES string of the molecule is CCCCOC(=O)C(C)(CC)CC(C)(C)C(=O)OCCCCCC(=O)NC(N)=S. The number of thiocarbonyl (C=S) groups is 1. The molecule has 0 saturated carbocycles. The fraction of sp³-hybridized carbons (Fsp3) is 0.810. The number of hydrogen-bond donors (Lipinski definition) is 2. The molecule has 7 nitrogen and oxygen atoms in total. The van der Waals surface area contributed by atoms with Crippen LogP contribution in [0.1, 0.15) is 86.0 Å². The van der Waals surface area contributed by atoms with Gasteiger partial charge < -0.3 is 20.5 Å². The number of hydrogen-bond acceptors (Lipinski definition) is 6. The molecule has 0 saturated heterocycles. The summed E-state index contributed by atoms with van der Waals surface area (Å²) in [6, 6.07) is 0. The van der Waals surface area contributed by atoms with Gasteiger partial charge in [0.1, 0.15) is 0 Å². The number of carbonyl (C=O) groups excluding carboxylic acids is 3. The van der Waals surface area contributed by atoms with E-state index in [1.807, 2.05) is 20.8 Å². The van der Waals surface area contributed by atoms with Gasteiger partial charge in [0, 0.05) is 6.42 Å². The van der Waals surface area contributed by atoms with Crippen molar-refractivity contribution in [3.63, 3.8) is 0 Å². The Kier molecular flexibility index (Phi) is 12.7. The average Bonchev–Trinajstić information content (AvgIpc) is 2.63. The van der Waals surface area contributed by atoms with E-state index >= 15 is 0 Å². The van der Waals surface area contributed by atoms with Crippen LogP contribution >= 0.6 is 12.2 Å². The molecular formula is C21H38N2O5S. The van der Waals surface area contributed by atoms with E-state index in [0.717, 1.165) is 19.3 Å². The molecule has 1 amide bonds. The van der Waals surface area contributed by atoms with Gasteiger partial charge in [-0.25, -0.2) is 0 Å². The van der Waals surface area contributed by atoms with E-state index in [9.17, 15) is 14.4 Å². The molecule has 1 atom stereocenters. The highest BCUT2D eigenvalue weighted by molar-refractivity contribution is 7.80. The van der Waals surface area contributed by atoms with Crippen molar-refractivity contribution < 1.29 is 23.9 Å². The standard InChI is InChI=1S/C21H38N2O5S/c1-6-8-13-28-18(26)21(5,7-2)15-20(3,4)17(25)27-14-11-9-10-12-16(24)23-19(22)29/h6-15H2,1-5H3,(H3,22,23,24,29). The van der Waals surface area contributed by atoms with Crippen LogP contribution in [-0.4, -0.2) is 36.2 Å². The summed E-state index contributed by atoms with van der Waals surface area (Å²) in [6.45, 7) is 10.1. The third-order valence-electron chi connectivity index (χ3n) is 4.93. The highest BCUT2D eigenvalue weighted by Crippen LogP contribution is 2.38. The largest absolute Gasteiger partial charge is 0.465 e. The maximum absolute atomic E-state index is 12.5. The predicted molar refractivity (Wildman–Crippen MR) is 117 cm³/mol. The molecule has 168 valence electrons. The summed E-state index contributed by atoms with van der Waals surface area (Å²) in [5, 5.41) is 2.34.